The monoisotopic (exact) mass is 427 g/mol. The topological polar surface area (TPSA) is 76.0 Å². The van der Waals surface area contributed by atoms with Crippen LogP contribution < -0.4 is 5.69 Å². The summed E-state index contributed by atoms with van der Waals surface area (Å²) in [6.07, 6.45) is 5.67. The molecule has 32 heavy (non-hydrogen) atoms. The van der Waals surface area contributed by atoms with E-state index in [4.69, 9.17) is 9.84 Å². The van der Waals surface area contributed by atoms with Gasteiger partial charge in [-0.1, -0.05) is 30.3 Å². The van der Waals surface area contributed by atoms with Crippen molar-refractivity contribution in [2.24, 2.45) is 0 Å². The van der Waals surface area contributed by atoms with E-state index in [2.05, 4.69) is 33.1 Å². The third-order valence-electron chi connectivity index (χ3n) is 6.61. The van der Waals surface area contributed by atoms with Crippen LogP contribution in [-0.2, 0) is 24.5 Å². The van der Waals surface area contributed by atoms with Gasteiger partial charge in [0.15, 0.2) is 0 Å². The fraction of sp³-hybridized carbons (Fsp3) is 0.320. The highest BCUT2D eigenvalue weighted by Gasteiger charge is 2.25. The van der Waals surface area contributed by atoms with E-state index in [1.807, 2.05) is 30.5 Å². The van der Waals surface area contributed by atoms with Crippen molar-refractivity contribution in [2.75, 3.05) is 13.1 Å². The number of benzene rings is 2. The number of likely N-dealkylation sites (tertiary alicyclic amines) is 1. The lowest BCUT2D eigenvalue weighted by atomic mass is 9.96. The molecule has 1 atom stereocenters. The highest BCUT2D eigenvalue weighted by Crippen LogP contribution is 2.27. The molecule has 2 aliphatic heterocycles. The Labute approximate surface area is 185 Å². The lowest BCUT2D eigenvalue weighted by Gasteiger charge is -2.31. The SMILES string of the molecule is O=c1[nH]c(C2CCCN(Cc3ccc4c(c3)COC4)C2)nn1-c1cccc2cnccc12. The number of hydrogen-bond donors (Lipinski definition) is 1. The summed E-state index contributed by atoms with van der Waals surface area (Å²) < 4.78 is 7.05. The average molecular weight is 428 g/mol. The van der Waals surface area contributed by atoms with E-state index in [0.29, 0.717) is 6.61 Å². The number of rotatable bonds is 4. The second kappa shape index (κ2) is 8.00. The first-order valence-corrected chi connectivity index (χ1v) is 11.2. The minimum Gasteiger partial charge on any atom is -0.372 e. The van der Waals surface area contributed by atoms with Crippen molar-refractivity contribution in [3.8, 4) is 5.69 Å². The van der Waals surface area contributed by atoms with Crippen molar-refractivity contribution in [1.82, 2.24) is 24.6 Å². The van der Waals surface area contributed by atoms with Crippen LogP contribution in [0.15, 0.2) is 59.7 Å². The van der Waals surface area contributed by atoms with Crippen molar-refractivity contribution < 1.29 is 4.74 Å². The molecule has 162 valence electrons. The van der Waals surface area contributed by atoms with Gasteiger partial charge in [0.2, 0.25) is 0 Å². The quantitative estimate of drug-likeness (QED) is 0.539. The zero-order valence-electron chi connectivity index (χ0n) is 17.8. The van der Waals surface area contributed by atoms with Crippen LogP contribution in [0.5, 0.6) is 0 Å². The standard InChI is InChI=1S/C25H25N5O2/c31-25-27-24(28-30(25)23-5-1-3-18-12-26-9-8-22(18)23)19-4-2-10-29(14-19)13-17-6-7-20-15-32-16-21(20)11-17/h1,3,5-9,11-12,19H,2,4,10,13-16H2,(H,27,28,31). The van der Waals surface area contributed by atoms with Crippen molar-refractivity contribution in [2.45, 2.75) is 38.5 Å². The Hall–Kier alpha value is -3.29. The van der Waals surface area contributed by atoms with Gasteiger partial charge < -0.3 is 4.74 Å². The van der Waals surface area contributed by atoms with Gasteiger partial charge in [-0.3, -0.25) is 14.9 Å². The number of aromatic amines is 1. The summed E-state index contributed by atoms with van der Waals surface area (Å²) in [5, 5.41) is 6.68. The Morgan fingerprint density at radius 3 is 3.03 bits per heavy atom. The summed E-state index contributed by atoms with van der Waals surface area (Å²) in [5.74, 6) is 0.986. The predicted molar refractivity (Wildman–Crippen MR) is 122 cm³/mol. The molecular weight excluding hydrogens is 402 g/mol. The van der Waals surface area contributed by atoms with Crippen LogP contribution in [0.25, 0.3) is 16.5 Å². The minimum absolute atomic E-state index is 0.194. The second-order valence-electron chi connectivity index (χ2n) is 8.77. The Kier molecular flexibility index (Phi) is 4.85. The molecule has 1 fully saturated rings. The molecule has 6 rings (SSSR count). The molecule has 2 aliphatic rings. The number of piperidine rings is 1. The normalized spacial score (nSPS) is 18.8. The first-order valence-electron chi connectivity index (χ1n) is 11.2. The summed E-state index contributed by atoms with van der Waals surface area (Å²) in [5.41, 5.74) is 4.52. The molecule has 0 aliphatic carbocycles. The number of ether oxygens (including phenoxy) is 1. The third-order valence-corrected chi connectivity index (χ3v) is 6.61. The van der Waals surface area contributed by atoms with E-state index in [1.54, 1.807) is 6.20 Å². The Bertz CT molecular complexity index is 1340. The minimum atomic E-state index is -0.194. The highest BCUT2D eigenvalue weighted by molar-refractivity contribution is 5.89. The molecule has 2 aromatic heterocycles. The zero-order valence-corrected chi connectivity index (χ0v) is 17.8. The maximum Gasteiger partial charge on any atom is 0.348 e. The van der Waals surface area contributed by atoms with Gasteiger partial charge in [0, 0.05) is 42.2 Å². The van der Waals surface area contributed by atoms with Crippen LogP contribution in [0.4, 0.5) is 0 Å². The maximum atomic E-state index is 12.8. The number of fused-ring (bicyclic) bond motifs is 2. The van der Waals surface area contributed by atoms with E-state index in [0.717, 1.165) is 61.4 Å². The maximum absolute atomic E-state index is 12.8. The first-order chi connectivity index (χ1) is 15.7. The number of hydrogen-bond acceptors (Lipinski definition) is 5. The number of pyridine rings is 1. The molecule has 0 radical (unpaired) electrons. The van der Waals surface area contributed by atoms with Crippen molar-refractivity contribution in [3.05, 3.63) is 87.9 Å². The van der Waals surface area contributed by atoms with Gasteiger partial charge in [0.25, 0.3) is 0 Å². The molecule has 4 heterocycles. The Morgan fingerprint density at radius 2 is 2.06 bits per heavy atom. The van der Waals surface area contributed by atoms with Crippen LogP contribution in [0.2, 0.25) is 0 Å². The number of H-pyrrole nitrogens is 1. The molecule has 1 N–H and O–H groups in total. The molecule has 2 aromatic carbocycles. The van der Waals surface area contributed by atoms with Crippen LogP contribution >= 0.6 is 0 Å². The largest absolute Gasteiger partial charge is 0.372 e. The number of nitrogens with zero attached hydrogens (tertiary/aromatic N) is 4. The summed E-state index contributed by atoms with van der Waals surface area (Å²) in [6, 6.07) is 14.5. The van der Waals surface area contributed by atoms with E-state index in [1.165, 1.54) is 21.4 Å². The van der Waals surface area contributed by atoms with Crippen molar-refractivity contribution in [1.29, 1.82) is 0 Å². The first kappa shape index (κ1) is 19.4. The second-order valence-corrected chi connectivity index (χ2v) is 8.77. The highest BCUT2D eigenvalue weighted by atomic mass is 16.5. The van der Waals surface area contributed by atoms with Gasteiger partial charge in [-0.15, -0.1) is 5.10 Å². The van der Waals surface area contributed by atoms with E-state index in [9.17, 15) is 4.79 Å². The molecule has 7 heteroatoms. The van der Waals surface area contributed by atoms with Crippen LogP contribution in [0.3, 0.4) is 0 Å². The van der Waals surface area contributed by atoms with Gasteiger partial charge in [0.05, 0.1) is 18.9 Å². The molecule has 0 bridgehead atoms. The summed E-state index contributed by atoms with van der Waals surface area (Å²) in [7, 11) is 0. The molecule has 0 amide bonds. The lowest BCUT2D eigenvalue weighted by molar-refractivity contribution is 0.134. The molecule has 1 unspecified atom stereocenters. The Morgan fingerprint density at radius 1 is 1.12 bits per heavy atom. The van der Waals surface area contributed by atoms with Gasteiger partial charge in [-0.25, -0.2) is 4.79 Å². The smallest absolute Gasteiger partial charge is 0.348 e. The van der Waals surface area contributed by atoms with Gasteiger partial charge in [0.1, 0.15) is 5.82 Å². The van der Waals surface area contributed by atoms with Crippen LogP contribution in [0, 0.1) is 0 Å². The molecule has 0 spiro atoms. The molecule has 1 saturated heterocycles. The summed E-state index contributed by atoms with van der Waals surface area (Å²) >= 11 is 0. The summed E-state index contributed by atoms with van der Waals surface area (Å²) in [4.78, 5) is 22.5. The number of aromatic nitrogens is 4. The van der Waals surface area contributed by atoms with Crippen LogP contribution in [0.1, 0.15) is 41.3 Å². The van der Waals surface area contributed by atoms with Gasteiger partial charge in [-0.2, -0.15) is 4.68 Å². The average Bonchev–Trinajstić information content (AvgIpc) is 3.45. The zero-order chi connectivity index (χ0) is 21.5. The fourth-order valence-electron chi connectivity index (χ4n) is 4.98. The van der Waals surface area contributed by atoms with E-state index in [-0.39, 0.29) is 11.6 Å². The van der Waals surface area contributed by atoms with Crippen LogP contribution in [-0.4, -0.2) is 37.7 Å². The number of nitrogens with one attached hydrogen (secondary N) is 1. The Balaban J connectivity index is 1.24. The third kappa shape index (κ3) is 3.53. The fourth-order valence-corrected chi connectivity index (χ4v) is 4.98. The van der Waals surface area contributed by atoms with Gasteiger partial charge in [-0.05, 0) is 48.2 Å². The van der Waals surface area contributed by atoms with Crippen molar-refractivity contribution in [3.63, 3.8) is 0 Å². The van der Waals surface area contributed by atoms with Gasteiger partial charge >= 0.3 is 5.69 Å². The molecular formula is C25H25N5O2. The molecule has 0 saturated carbocycles. The molecule has 7 nitrogen and oxygen atoms in total. The van der Waals surface area contributed by atoms with E-state index >= 15 is 0 Å². The van der Waals surface area contributed by atoms with E-state index < -0.39 is 0 Å². The molecule has 4 aromatic rings. The lowest BCUT2D eigenvalue weighted by Crippen LogP contribution is -2.34. The summed E-state index contributed by atoms with van der Waals surface area (Å²) in [6.45, 7) is 4.30. The predicted octanol–water partition coefficient (Wildman–Crippen LogP) is 3.52. The van der Waals surface area contributed by atoms with Crippen molar-refractivity contribution >= 4 is 10.8 Å².